The summed E-state index contributed by atoms with van der Waals surface area (Å²) >= 11 is 0. The summed E-state index contributed by atoms with van der Waals surface area (Å²) in [6, 6.07) is 8.13. The van der Waals surface area contributed by atoms with Gasteiger partial charge in [-0.2, -0.15) is 0 Å². The minimum absolute atomic E-state index is 0.0536. The average molecular weight is 248 g/mol. The summed E-state index contributed by atoms with van der Waals surface area (Å²) in [5.41, 5.74) is 1.24. The van der Waals surface area contributed by atoms with Crippen molar-refractivity contribution in [1.29, 1.82) is 0 Å². The van der Waals surface area contributed by atoms with Crippen LogP contribution in [0.25, 0.3) is 0 Å². The number of benzene rings is 1. The number of hydrogen-bond acceptors (Lipinski definition) is 3. The van der Waals surface area contributed by atoms with Gasteiger partial charge in [0.05, 0.1) is 13.2 Å². The van der Waals surface area contributed by atoms with Gasteiger partial charge in [-0.15, -0.1) is 0 Å². The highest BCUT2D eigenvalue weighted by molar-refractivity contribution is 5.77. The summed E-state index contributed by atoms with van der Waals surface area (Å²) in [6.07, 6.45) is 0.999. The Kier molecular flexibility index (Phi) is 4.59. The number of nitrogens with one attached hydrogen (secondary N) is 2. The van der Waals surface area contributed by atoms with Crippen molar-refractivity contribution in [2.75, 3.05) is 26.2 Å². The number of likely N-dealkylation sites (N-methyl/N-ethyl adjacent to an activating group) is 1. The number of para-hydroxylation sites is 1. The van der Waals surface area contributed by atoms with E-state index in [1.165, 1.54) is 5.56 Å². The zero-order chi connectivity index (χ0) is 12.8. The third kappa shape index (κ3) is 3.23. The fraction of sp³-hybridized carbons (Fsp3) is 0.500. The molecule has 1 atom stereocenters. The fourth-order valence-corrected chi connectivity index (χ4v) is 2.25. The van der Waals surface area contributed by atoms with Crippen molar-refractivity contribution >= 4 is 5.91 Å². The number of amides is 1. The molecule has 98 valence electrons. The van der Waals surface area contributed by atoms with Crippen LogP contribution in [0.2, 0.25) is 0 Å². The highest BCUT2D eigenvalue weighted by Crippen LogP contribution is 2.32. The average Bonchev–Trinajstić information content (AvgIpc) is 2.39. The third-order valence-corrected chi connectivity index (χ3v) is 3.13. The first-order chi connectivity index (χ1) is 8.81. The molecule has 0 radical (unpaired) electrons. The Morgan fingerprint density at radius 3 is 3.11 bits per heavy atom. The molecule has 1 aliphatic heterocycles. The minimum atomic E-state index is 0.0536. The lowest BCUT2D eigenvalue weighted by Crippen LogP contribution is -2.36. The van der Waals surface area contributed by atoms with Gasteiger partial charge in [0.15, 0.2) is 0 Å². The van der Waals surface area contributed by atoms with Crippen LogP contribution >= 0.6 is 0 Å². The normalized spacial score (nSPS) is 17.7. The summed E-state index contributed by atoms with van der Waals surface area (Å²) < 4.78 is 5.61. The molecule has 18 heavy (non-hydrogen) atoms. The van der Waals surface area contributed by atoms with Gasteiger partial charge in [0.1, 0.15) is 5.75 Å². The van der Waals surface area contributed by atoms with Gasteiger partial charge in [-0.25, -0.2) is 0 Å². The Labute approximate surface area is 108 Å². The van der Waals surface area contributed by atoms with E-state index in [9.17, 15) is 4.79 Å². The van der Waals surface area contributed by atoms with E-state index in [2.05, 4.69) is 16.7 Å². The molecule has 0 aromatic heterocycles. The van der Waals surface area contributed by atoms with E-state index in [1.807, 2.05) is 25.1 Å². The highest BCUT2D eigenvalue weighted by atomic mass is 16.5. The van der Waals surface area contributed by atoms with Gasteiger partial charge in [0.25, 0.3) is 0 Å². The Bertz CT molecular complexity index is 407. The van der Waals surface area contributed by atoms with E-state index in [1.54, 1.807) is 0 Å². The second kappa shape index (κ2) is 6.40. The summed E-state index contributed by atoms with van der Waals surface area (Å²) in [5, 5.41) is 5.99. The molecule has 0 saturated carbocycles. The maximum absolute atomic E-state index is 11.3. The number of ether oxygens (including phenoxy) is 1. The molecule has 1 unspecified atom stereocenters. The van der Waals surface area contributed by atoms with Gasteiger partial charge in [-0.05, 0) is 25.0 Å². The molecular weight excluding hydrogens is 228 g/mol. The number of hydrogen-bond donors (Lipinski definition) is 2. The smallest absolute Gasteiger partial charge is 0.233 e. The molecular formula is C14H20N2O2. The molecule has 0 aliphatic carbocycles. The molecule has 4 nitrogen and oxygen atoms in total. The van der Waals surface area contributed by atoms with Crippen LogP contribution in [-0.2, 0) is 4.79 Å². The number of carbonyl (C=O) groups excluding carboxylic acids is 1. The second-order valence-corrected chi connectivity index (χ2v) is 4.46. The third-order valence-electron chi connectivity index (χ3n) is 3.13. The molecule has 1 aliphatic rings. The van der Waals surface area contributed by atoms with Gasteiger partial charge >= 0.3 is 0 Å². The van der Waals surface area contributed by atoms with Crippen LogP contribution in [0.5, 0.6) is 5.75 Å². The maximum atomic E-state index is 11.3. The van der Waals surface area contributed by atoms with Crippen LogP contribution in [0.3, 0.4) is 0 Å². The first kappa shape index (κ1) is 12.9. The molecule has 0 fully saturated rings. The van der Waals surface area contributed by atoms with Gasteiger partial charge < -0.3 is 15.4 Å². The fourth-order valence-electron chi connectivity index (χ4n) is 2.25. The van der Waals surface area contributed by atoms with Crippen LogP contribution in [0.1, 0.15) is 24.8 Å². The summed E-state index contributed by atoms with van der Waals surface area (Å²) in [6.45, 7) is 4.56. The monoisotopic (exact) mass is 248 g/mol. The van der Waals surface area contributed by atoms with Gasteiger partial charge in [0.2, 0.25) is 5.91 Å². The molecule has 2 rings (SSSR count). The number of rotatable bonds is 5. The highest BCUT2D eigenvalue weighted by Gasteiger charge is 2.20. The molecule has 0 bridgehead atoms. The molecule has 0 saturated heterocycles. The Morgan fingerprint density at radius 2 is 2.28 bits per heavy atom. The standard InChI is InChI=1S/C14H20N2O2/c1-2-16-14(17)10-15-9-11-7-8-18-13-6-4-3-5-12(11)13/h3-6,11,15H,2,7-10H2,1H3,(H,16,17). The van der Waals surface area contributed by atoms with Crippen molar-refractivity contribution < 1.29 is 9.53 Å². The zero-order valence-corrected chi connectivity index (χ0v) is 10.7. The lowest BCUT2D eigenvalue weighted by Gasteiger charge is -2.26. The molecule has 2 N–H and O–H groups in total. The Hall–Kier alpha value is -1.55. The van der Waals surface area contributed by atoms with Gasteiger partial charge in [0, 0.05) is 19.0 Å². The van der Waals surface area contributed by atoms with Gasteiger partial charge in [-0.1, -0.05) is 18.2 Å². The van der Waals surface area contributed by atoms with E-state index in [0.717, 1.165) is 25.3 Å². The first-order valence-electron chi connectivity index (χ1n) is 6.50. The van der Waals surface area contributed by atoms with Crippen molar-refractivity contribution in [2.45, 2.75) is 19.3 Å². The first-order valence-corrected chi connectivity index (χ1v) is 6.50. The van der Waals surface area contributed by atoms with Crippen LogP contribution in [0.15, 0.2) is 24.3 Å². The summed E-state index contributed by atoms with van der Waals surface area (Å²) in [5.74, 6) is 1.47. The largest absolute Gasteiger partial charge is 0.493 e. The molecule has 1 heterocycles. The summed E-state index contributed by atoms with van der Waals surface area (Å²) in [7, 11) is 0. The van der Waals surface area contributed by atoms with E-state index < -0.39 is 0 Å². The zero-order valence-electron chi connectivity index (χ0n) is 10.7. The summed E-state index contributed by atoms with van der Waals surface area (Å²) in [4.78, 5) is 11.3. The van der Waals surface area contributed by atoms with Crippen LogP contribution < -0.4 is 15.4 Å². The molecule has 1 aromatic carbocycles. The Balaban J connectivity index is 1.86. The molecule has 1 aromatic rings. The van der Waals surface area contributed by atoms with Crippen molar-refractivity contribution in [3.8, 4) is 5.75 Å². The number of carbonyl (C=O) groups is 1. The predicted octanol–water partition coefficient (Wildman–Crippen LogP) is 1.28. The lowest BCUT2D eigenvalue weighted by atomic mass is 9.93. The van der Waals surface area contributed by atoms with Crippen molar-refractivity contribution in [3.05, 3.63) is 29.8 Å². The van der Waals surface area contributed by atoms with Crippen LogP contribution in [-0.4, -0.2) is 32.1 Å². The quantitative estimate of drug-likeness (QED) is 0.825. The lowest BCUT2D eigenvalue weighted by molar-refractivity contribution is -0.120. The second-order valence-electron chi connectivity index (χ2n) is 4.46. The van der Waals surface area contributed by atoms with E-state index in [-0.39, 0.29) is 5.91 Å². The maximum Gasteiger partial charge on any atom is 0.233 e. The Morgan fingerprint density at radius 1 is 1.44 bits per heavy atom. The van der Waals surface area contributed by atoms with E-state index in [4.69, 9.17) is 4.74 Å². The van der Waals surface area contributed by atoms with Gasteiger partial charge in [-0.3, -0.25) is 4.79 Å². The van der Waals surface area contributed by atoms with Crippen LogP contribution in [0.4, 0.5) is 0 Å². The van der Waals surface area contributed by atoms with Crippen molar-refractivity contribution in [1.82, 2.24) is 10.6 Å². The molecule has 4 heteroatoms. The SMILES string of the molecule is CCNC(=O)CNCC1CCOc2ccccc21. The topological polar surface area (TPSA) is 50.4 Å². The van der Waals surface area contributed by atoms with Crippen LogP contribution in [0, 0.1) is 0 Å². The number of fused-ring (bicyclic) bond motifs is 1. The van der Waals surface area contributed by atoms with E-state index in [0.29, 0.717) is 19.0 Å². The molecule has 1 amide bonds. The molecule has 0 spiro atoms. The van der Waals surface area contributed by atoms with Crippen molar-refractivity contribution in [2.24, 2.45) is 0 Å². The van der Waals surface area contributed by atoms with E-state index >= 15 is 0 Å². The minimum Gasteiger partial charge on any atom is -0.493 e. The van der Waals surface area contributed by atoms with Crippen molar-refractivity contribution in [3.63, 3.8) is 0 Å². The predicted molar refractivity (Wildman–Crippen MR) is 70.8 cm³/mol.